The van der Waals surface area contributed by atoms with Gasteiger partial charge >= 0.3 is 0 Å². The van der Waals surface area contributed by atoms with Crippen LogP contribution in [0, 0.1) is 6.92 Å². The first-order chi connectivity index (χ1) is 6.16. The lowest BCUT2D eigenvalue weighted by molar-refractivity contribution is 0.477. The van der Waals surface area contributed by atoms with E-state index in [9.17, 15) is 5.11 Å². The molecule has 2 heterocycles. The quantitative estimate of drug-likeness (QED) is 0.631. The van der Waals surface area contributed by atoms with Gasteiger partial charge in [0.15, 0.2) is 11.6 Å². The summed E-state index contributed by atoms with van der Waals surface area (Å²) in [6.45, 7) is 1.88. The molecule has 2 rings (SSSR count). The number of anilines is 1. The fourth-order valence-electron chi connectivity index (χ4n) is 1.16. The van der Waals surface area contributed by atoms with Crippen LogP contribution < -0.4 is 5.73 Å². The summed E-state index contributed by atoms with van der Waals surface area (Å²) < 4.78 is 0. The molecule has 0 spiro atoms. The molecule has 0 aliphatic rings. The van der Waals surface area contributed by atoms with Gasteiger partial charge in [0.25, 0.3) is 0 Å². The number of aryl methyl sites for hydroxylation is 1. The van der Waals surface area contributed by atoms with Crippen molar-refractivity contribution in [1.82, 2.24) is 9.97 Å². The molecule has 0 atom stereocenters. The van der Waals surface area contributed by atoms with Gasteiger partial charge < -0.3 is 10.8 Å². The van der Waals surface area contributed by atoms with Gasteiger partial charge in [0.1, 0.15) is 0 Å². The highest BCUT2D eigenvalue weighted by atomic mass is 16.3. The van der Waals surface area contributed by atoms with Gasteiger partial charge in [0.05, 0.1) is 11.0 Å². The molecule has 66 valence electrons. The lowest BCUT2D eigenvalue weighted by Crippen LogP contribution is -1.93. The van der Waals surface area contributed by atoms with Gasteiger partial charge in [-0.1, -0.05) is 0 Å². The highest BCUT2D eigenvalue weighted by Gasteiger charge is 2.02. The molecule has 4 nitrogen and oxygen atoms in total. The second-order valence-corrected chi connectivity index (χ2v) is 2.88. The fraction of sp³-hybridized carbons (Fsp3) is 0.111. The van der Waals surface area contributed by atoms with Crippen molar-refractivity contribution < 1.29 is 5.11 Å². The SMILES string of the molecule is Cc1ccc2nc(N)c(O)cc2n1. The molecule has 0 radical (unpaired) electrons. The van der Waals surface area contributed by atoms with Crippen LogP contribution in [0.2, 0.25) is 0 Å². The van der Waals surface area contributed by atoms with Crippen molar-refractivity contribution in [2.75, 3.05) is 5.73 Å². The minimum Gasteiger partial charge on any atom is -0.504 e. The van der Waals surface area contributed by atoms with Crippen LogP contribution in [0.15, 0.2) is 18.2 Å². The number of rotatable bonds is 0. The van der Waals surface area contributed by atoms with Crippen molar-refractivity contribution >= 4 is 16.9 Å². The summed E-state index contributed by atoms with van der Waals surface area (Å²) >= 11 is 0. The second-order valence-electron chi connectivity index (χ2n) is 2.88. The lowest BCUT2D eigenvalue weighted by atomic mass is 10.3. The first-order valence-electron chi connectivity index (χ1n) is 3.89. The van der Waals surface area contributed by atoms with E-state index < -0.39 is 0 Å². The first kappa shape index (κ1) is 7.79. The number of nitrogens with zero attached hydrogens (tertiary/aromatic N) is 2. The van der Waals surface area contributed by atoms with Crippen LogP contribution in [0.5, 0.6) is 5.75 Å². The molecule has 0 unspecified atom stereocenters. The van der Waals surface area contributed by atoms with Crippen LogP contribution in [0.1, 0.15) is 5.69 Å². The third-order valence-corrected chi connectivity index (χ3v) is 1.82. The highest BCUT2D eigenvalue weighted by molar-refractivity contribution is 5.78. The van der Waals surface area contributed by atoms with E-state index in [-0.39, 0.29) is 11.6 Å². The number of hydrogen-bond donors (Lipinski definition) is 2. The Balaban J connectivity index is 2.81. The predicted molar refractivity (Wildman–Crippen MR) is 50.4 cm³/mol. The molecule has 0 aromatic carbocycles. The number of hydrogen-bond acceptors (Lipinski definition) is 4. The normalized spacial score (nSPS) is 10.5. The van der Waals surface area contributed by atoms with Crippen molar-refractivity contribution in [2.45, 2.75) is 6.92 Å². The Labute approximate surface area is 75.1 Å². The summed E-state index contributed by atoms with van der Waals surface area (Å²) in [4.78, 5) is 8.18. The van der Waals surface area contributed by atoms with Crippen molar-refractivity contribution in [3.63, 3.8) is 0 Å². The molecule has 0 bridgehead atoms. The maximum Gasteiger partial charge on any atom is 0.166 e. The maximum absolute atomic E-state index is 9.28. The number of pyridine rings is 2. The molecule has 0 saturated heterocycles. The lowest BCUT2D eigenvalue weighted by Gasteiger charge is -2.01. The third kappa shape index (κ3) is 1.26. The Morgan fingerprint density at radius 3 is 2.77 bits per heavy atom. The van der Waals surface area contributed by atoms with Crippen LogP contribution >= 0.6 is 0 Å². The summed E-state index contributed by atoms with van der Waals surface area (Å²) in [5.74, 6) is 0.115. The number of nitrogen functional groups attached to an aromatic ring is 1. The van der Waals surface area contributed by atoms with Gasteiger partial charge in [-0.3, -0.25) is 4.98 Å². The van der Waals surface area contributed by atoms with Gasteiger partial charge in [0, 0.05) is 11.8 Å². The van der Waals surface area contributed by atoms with Crippen LogP contribution in [0.4, 0.5) is 5.82 Å². The Bertz CT molecular complexity index is 468. The Morgan fingerprint density at radius 2 is 2.00 bits per heavy atom. The predicted octanol–water partition coefficient (Wildman–Crippen LogP) is 1.23. The molecular weight excluding hydrogens is 166 g/mol. The van der Waals surface area contributed by atoms with E-state index in [2.05, 4.69) is 9.97 Å². The first-order valence-corrected chi connectivity index (χ1v) is 3.89. The van der Waals surface area contributed by atoms with Gasteiger partial charge in [-0.05, 0) is 19.1 Å². The van der Waals surface area contributed by atoms with Crippen LogP contribution in [-0.2, 0) is 0 Å². The molecule has 0 amide bonds. The molecule has 13 heavy (non-hydrogen) atoms. The van der Waals surface area contributed by atoms with Crippen LogP contribution in [0.25, 0.3) is 11.0 Å². The topological polar surface area (TPSA) is 72.0 Å². The number of fused-ring (bicyclic) bond motifs is 1. The summed E-state index contributed by atoms with van der Waals surface area (Å²) in [7, 11) is 0. The fourth-order valence-corrected chi connectivity index (χ4v) is 1.16. The minimum absolute atomic E-state index is 0.0226. The molecule has 3 N–H and O–H groups in total. The zero-order valence-electron chi connectivity index (χ0n) is 7.15. The monoisotopic (exact) mass is 175 g/mol. The summed E-state index contributed by atoms with van der Waals surface area (Å²) in [5.41, 5.74) is 7.68. The zero-order chi connectivity index (χ0) is 9.42. The van der Waals surface area contributed by atoms with Crippen LogP contribution in [0.3, 0.4) is 0 Å². The summed E-state index contributed by atoms with van der Waals surface area (Å²) in [6.07, 6.45) is 0. The Hall–Kier alpha value is -1.84. The van der Waals surface area contributed by atoms with E-state index in [1.54, 1.807) is 0 Å². The zero-order valence-corrected chi connectivity index (χ0v) is 7.15. The van der Waals surface area contributed by atoms with Gasteiger partial charge in [0.2, 0.25) is 0 Å². The van der Waals surface area contributed by atoms with Gasteiger partial charge in [-0.15, -0.1) is 0 Å². The standard InChI is InChI=1S/C9H9N3O/c1-5-2-3-6-7(11-5)4-8(13)9(10)12-6/h2-4,13H,1H3,(H2,10,12). The molecule has 2 aromatic rings. The summed E-state index contributed by atoms with van der Waals surface area (Å²) in [6, 6.07) is 5.20. The number of aromatic hydroxyl groups is 1. The van der Waals surface area contributed by atoms with Crippen molar-refractivity contribution in [2.24, 2.45) is 0 Å². The average Bonchev–Trinajstić information content (AvgIpc) is 2.08. The Kier molecular flexibility index (Phi) is 1.55. The maximum atomic E-state index is 9.28. The van der Waals surface area contributed by atoms with E-state index in [0.29, 0.717) is 11.0 Å². The molecule has 0 aliphatic heterocycles. The van der Waals surface area contributed by atoms with Crippen LogP contribution in [-0.4, -0.2) is 15.1 Å². The highest BCUT2D eigenvalue weighted by Crippen LogP contribution is 2.21. The molecule has 0 aliphatic carbocycles. The van der Waals surface area contributed by atoms with Gasteiger partial charge in [-0.25, -0.2) is 4.98 Å². The summed E-state index contributed by atoms with van der Waals surface area (Å²) in [5, 5.41) is 9.28. The van der Waals surface area contributed by atoms with E-state index in [1.165, 1.54) is 6.07 Å². The molecule has 0 fully saturated rings. The largest absolute Gasteiger partial charge is 0.504 e. The van der Waals surface area contributed by atoms with Gasteiger partial charge in [-0.2, -0.15) is 0 Å². The van der Waals surface area contributed by atoms with Crippen molar-refractivity contribution in [3.05, 3.63) is 23.9 Å². The van der Waals surface area contributed by atoms with E-state index >= 15 is 0 Å². The number of nitrogens with two attached hydrogens (primary N) is 1. The third-order valence-electron chi connectivity index (χ3n) is 1.82. The molecular formula is C9H9N3O. The molecule has 4 heteroatoms. The number of aromatic nitrogens is 2. The minimum atomic E-state index is -0.0226. The smallest absolute Gasteiger partial charge is 0.166 e. The second kappa shape index (κ2) is 2.58. The molecule has 2 aromatic heterocycles. The van der Waals surface area contributed by atoms with Crippen molar-refractivity contribution in [1.29, 1.82) is 0 Å². The molecule has 0 saturated carbocycles. The average molecular weight is 175 g/mol. The van der Waals surface area contributed by atoms with E-state index in [1.807, 2.05) is 19.1 Å². The van der Waals surface area contributed by atoms with E-state index in [0.717, 1.165) is 5.69 Å². The van der Waals surface area contributed by atoms with E-state index in [4.69, 9.17) is 5.73 Å². The Morgan fingerprint density at radius 1 is 1.23 bits per heavy atom. The van der Waals surface area contributed by atoms with Crippen molar-refractivity contribution in [3.8, 4) is 5.75 Å².